The predicted molar refractivity (Wildman–Crippen MR) is 55.9 cm³/mol. The number of para-hydroxylation sites is 1. The second-order valence-electron chi connectivity index (χ2n) is 3.63. The summed E-state index contributed by atoms with van der Waals surface area (Å²) >= 11 is 0. The maximum Gasteiger partial charge on any atom is 0.175 e. The van der Waals surface area contributed by atoms with E-state index in [1.54, 1.807) is 0 Å². The summed E-state index contributed by atoms with van der Waals surface area (Å²) in [4.78, 5) is 11.6. The number of Topliss-reactive ketones (excluding diaryl/α,β-unsaturated/α-hetero) is 1. The van der Waals surface area contributed by atoms with Crippen LogP contribution in [0.3, 0.4) is 0 Å². The van der Waals surface area contributed by atoms with Crippen LogP contribution in [0.5, 0.6) is 5.75 Å². The molecule has 3 nitrogen and oxygen atoms in total. The van der Waals surface area contributed by atoms with E-state index < -0.39 is 0 Å². The maximum atomic E-state index is 11.6. The van der Waals surface area contributed by atoms with Crippen molar-refractivity contribution in [2.24, 2.45) is 5.92 Å². The molecule has 1 aromatic rings. The van der Waals surface area contributed by atoms with Crippen LogP contribution in [-0.4, -0.2) is 25.6 Å². The molecular formula is C12H14O3. The molecule has 2 rings (SSSR count). The summed E-state index contributed by atoms with van der Waals surface area (Å²) in [6, 6.07) is 9.38. The van der Waals surface area contributed by atoms with Crippen LogP contribution < -0.4 is 4.74 Å². The van der Waals surface area contributed by atoms with Crippen LogP contribution in [0.1, 0.15) is 6.42 Å². The third kappa shape index (κ3) is 2.80. The van der Waals surface area contributed by atoms with Crippen LogP contribution in [0, 0.1) is 5.92 Å². The molecule has 0 N–H and O–H groups in total. The first kappa shape index (κ1) is 10.2. The number of rotatable bonds is 4. The second kappa shape index (κ2) is 4.94. The summed E-state index contributed by atoms with van der Waals surface area (Å²) in [6.07, 6.45) is 0.830. The highest BCUT2D eigenvalue weighted by molar-refractivity contribution is 5.82. The molecule has 80 valence electrons. The third-order valence-corrected chi connectivity index (χ3v) is 2.51. The number of ketones is 1. The van der Waals surface area contributed by atoms with Gasteiger partial charge in [-0.1, -0.05) is 18.2 Å². The first-order chi connectivity index (χ1) is 7.36. The Kier molecular flexibility index (Phi) is 3.35. The van der Waals surface area contributed by atoms with Crippen molar-refractivity contribution in [1.29, 1.82) is 0 Å². The summed E-state index contributed by atoms with van der Waals surface area (Å²) in [5, 5.41) is 0. The quantitative estimate of drug-likeness (QED) is 0.751. The average molecular weight is 206 g/mol. The normalized spacial score (nSPS) is 20.1. The molecule has 0 saturated carbocycles. The summed E-state index contributed by atoms with van der Waals surface area (Å²) < 4.78 is 10.5. The molecule has 1 fully saturated rings. The molecule has 0 aliphatic carbocycles. The minimum absolute atomic E-state index is 0.0358. The van der Waals surface area contributed by atoms with Crippen LogP contribution >= 0.6 is 0 Å². The van der Waals surface area contributed by atoms with Gasteiger partial charge in [0.25, 0.3) is 0 Å². The van der Waals surface area contributed by atoms with Gasteiger partial charge in [0.1, 0.15) is 12.4 Å². The lowest BCUT2D eigenvalue weighted by molar-refractivity contribution is -0.124. The van der Waals surface area contributed by atoms with E-state index in [0.29, 0.717) is 13.2 Å². The van der Waals surface area contributed by atoms with E-state index in [1.165, 1.54) is 0 Å². The van der Waals surface area contributed by atoms with Crippen molar-refractivity contribution < 1.29 is 14.3 Å². The number of carbonyl (C=O) groups is 1. The van der Waals surface area contributed by atoms with Gasteiger partial charge in [-0.25, -0.2) is 0 Å². The van der Waals surface area contributed by atoms with Crippen molar-refractivity contribution in [2.75, 3.05) is 19.8 Å². The highest BCUT2D eigenvalue weighted by Crippen LogP contribution is 2.14. The van der Waals surface area contributed by atoms with E-state index in [9.17, 15) is 4.79 Å². The monoisotopic (exact) mass is 206 g/mol. The van der Waals surface area contributed by atoms with E-state index in [1.807, 2.05) is 30.3 Å². The fourth-order valence-corrected chi connectivity index (χ4v) is 1.58. The van der Waals surface area contributed by atoms with Gasteiger partial charge in [0.15, 0.2) is 5.78 Å². The SMILES string of the molecule is O=C(COc1ccccc1)C1CCOC1. The van der Waals surface area contributed by atoms with Crippen molar-refractivity contribution in [2.45, 2.75) is 6.42 Å². The van der Waals surface area contributed by atoms with Crippen molar-refractivity contribution >= 4 is 5.78 Å². The molecule has 1 saturated heterocycles. The van der Waals surface area contributed by atoms with Crippen molar-refractivity contribution in [3.8, 4) is 5.75 Å². The van der Waals surface area contributed by atoms with E-state index in [0.717, 1.165) is 12.2 Å². The smallest absolute Gasteiger partial charge is 0.175 e. The van der Waals surface area contributed by atoms with Crippen molar-refractivity contribution in [3.63, 3.8) is 0 Å². The number of hydrogen-bond acceptors (Lipinski definition) is 3. The minimum Gasteiger partial charge on any atom is -0.486 e. The molecule has 1 atom stereocenters. The Labute approximate surface area is 89.0 Å². The predicted octanol–water partition coefficient (Wildman–Crippen LogP) is 1.67. The van der Waals surface area contributed by atoms with Gasteiger partial charge >= 0.3 is 0 Å². The Morgan fingerprint density at radius 2 is 2.20 bits per heavy atom. The Balaban J connectivity index is 1.80. The van der Waals surface area contributed by atoms with Crippen LogP contribution in [0.25, 0.3) is 0 Å². The van der Waals surface area contributed by atoms with Crippen LogP contribution in [-0.2, 0) is 9.53 Å². The molecule has 1 heterocycles. The lowest BCUT2D eigenvalue weighted by atomic mass is 10.0. The minimum atomic E-state index is 0.0358. The number of hydrogen-bond donors (Lipinski definition) is 0. The zero-order chi connectivity index (χ0) is 10.5. The van der Waals surface area contributed by atoms with Gasteiger partial charge in [0.05, 0.1) is 6.61 Å². The van der Waals surface area contributed by atoms with Gasteiger partial charge in [-0.15, -0.1) is 0 Å². The largest absolute Gasteiger partial charge is 0.486 e. The lowest BCUT2D eigenvalue weighted by Gasteiger charge is -2.08. The first-order valence-electron chi connectivity index (χ1n) is 5.14. The Hall–Kier alpha value is -1.35. The molecule has 1 aromatic carbocycles. The van der Waals surface area contributed by atoms with Gasteiger partial charge in [-0.3, -0.25) is 4.79 Å². The Morgan fingerprint density at radius 1 is 1.40 bits per heavy atom. The van der Waals surface area contributed by atoms with E-state index in [2.05, 4.69) is 0 Å². The zero-order valence-electron chi connectivity index (χ0n) is 8.52. The number of carbonyl (C=O) groups excluding carboxylic acids is 1. The second-order valence-corrected chi connectivity index (χ2v) is 3.63. The Bertz CT molecular complexity index is 315. The third-order valence-electron chi connectivity index (χ3n) is 2.51. The molecule has 1 unspecified atom stereocenters. The van der Waals surface area contributed by atoms with E-state index in [4.69, 9.17) is 9.47 Å². The summed E-state index contributed by atoms with van der Waals surface area (Å²) in [5.74, 6) is 0.912. The first-order valence-corrected chi connectivity index (χ1v) is 5.14. The number of benzene rings is 1. The molecule has 1 aliphatic heterocycles. The summed E-state index contributed by atoms with van der Waals surface area (Å²) in [7, 11) is 0. The fraction of sp³-hybridized carbons (Fsp3) is 0.417. The van der Waals surface area contributed by atoms with E-state index in [-0.39, 0.29) is 18.3 Å². The highest BCUT2D eigenvalue weighted by Gasteiger charge is 2.23. The van der Waals surface area contributed by atoms with Gasteiger partial charge in [0.2, 0.25) is 0 Å². The molecule has 0 spiro atoms. The van der Waals surface area contributed by atoms with Gasteiger partial charge in [0, 0.05) is 12.5 Å². The van der Waals surface area contributed by atoms with Gasteiger partial charge < -0.3 is 9.47 Å². The molecule has 3 heteroatoms. The van der Waals surface area contributed by atoms with Crippen molar-refractivity contribution in [3.05, 3.63) is 30.3 Å². The molecule has 0 amide bonds. The molecule has 15 heavy (non-hydrogen) atoms. The molecule has 0 aromatic heterocycles. The fourth-order valence-electron chi connectivity index (χ4n) is 1.58. The van der Waals surface area contributed by atoms with Gasteiger partial charge in [-0.05, 0) is 18.6 Å². The highest BCUT2D eigenvalue weighted by atomic mass is 16.5. The zero-order valence-corrected chi connectivity index (χ0v) is 8.52. The molecule has 1 aliphatic rings. The topological polar surface area (TPSA) is 35.5 Å². The summed E-state index contributed by atoms with van der Waals surface area (Å²) in [5.41, 5.74) is 0. The lowest BCUT2D eigenvalue weighted by Crippen LogP contribution is -2.21. The standard InChI is InChI=1S/C12H14O3/c13-12(10-6-7-14-8-10)9-15-11-4-2-1-3-5-11/h1-5,10H,6-9H2. The van der Waals surface area contributed by atoms with Gasteiger partial charge in [-0.2, -0.15) is 0 Å². The molecule has 0 bridgehead atoms. The molecular weight excluding hydrogens is 192 g/mol. The summed E-state index contributed by atoms with van der Waals surface area (Å²) in [6.45, 7) is 1.40. The molecule has 0 radical (unpaired) electrons. The van der Waals surface area contributed by atoms with Crippen LogP contribution in [0.2, 0.25) is 0 Å². The average Bonchev–Trinajstić information content (AvgIpc) is 2.81. The number of ether oxygens (including phenoxy) is 2. The van der Waals surface area contributed by atoms with E-state index >= 15 is 0 Å². The van der Waals surface area contributed by atoms with Crippen molar-refractivity contribution in [1.82, 2.24) is 0 Å². The Morgan fingerprint density at radius 3 is 2.87 bits per heavy atom. The van der Waals surface area contributed by atoms with Crippen LogP contribution in [0.15, 0.2) is 30.3 Å². The van der Waals surface area contributed by atoms with Crippen LogP contribution in [0.4, 0.5) is 0 Å². The maximum absolute atomic E-state index is 11.6.